The molecule has 1 unspecified atom stereocenters. The molecule has 0 aliphatic carbocycles. The Labute approximate surface area is 126 Å². The summed E-state index contributed by atoms with van der Waals surface area (Å²) in [5.41, 5.74) is 8.94. The molecular formula is C17H26N2O2. The highest BCUT2D eigenvalue weighted by atomic mass is 16.4. The second-order valence-corrected chi connectivity index (χ2v) is 5.99. The number of carboxylic acid groups (broad SMARTS) is 1. The van der Waals surface area contributed by atoms with Gasteiger partial charge in [-0.2, -0.15) is 0 Å². The molecule has 2 atom stereocenters. The smallest absolute Gasteiger partial charge is 0.325 e. The van der Waals surface area contributed by atoms with Gasteiger partial charge in [0.2, 0.25) is 0 Å². The molecule has 2 rings (SSSR count). The van der Waals surface area contributed by atoms with E-state index in [9.17, 15) is 4.79 Å². The summed E-state index contributed by atoms with van der Waals surface area (Å²) >= 11 is 0. The molecule has 0 aromatic heterocycles. The van der Waals surface area contributed by atoms with E-state index in [0.717, 1.165) is 19.5 Å². The molecule has 1 aromatic rings. The maximum atomic E-state index is 11.1. The van der Waals surface area contributed by atoms with E-state index >= 15 is 0 Å². The van der Waals surface area contributed by atoms with Crippen LogP contribution in [0.4, 0.5) is 5.69 Å². The normalized spacial score (nSPS) is 18.3. The number of carbonyl (C=O) groups is 1. The van der Waals surface area contributed by atoms with Gasteiger partial charge in [-0.05, 0) is 48.8 Å². The molecular weight excluding hydrogens is 264 g/mol. The van der Waals surface area contributed by atoms with E-state index in [1.54, 1.807) is 0 Å². The Morgan fingerprint density at radius 2 is 2.00 bits per heavy atom. The Hall–Kier alpha value is -1.55. The number of nitrogens with zero attached hydrogens (tertiary/aromatic N) is 1. The largest absolute Gasteiger partial charge is 0.480 e. The van der Waals surface area contributed by atoms with Crippen molar-refractivity contribution in [3.63, 3.8) is 0 Å². The number of rotatable bonds is 5. The number of piperidine rings is 1. The minimum atomic E-state index is -0.976. The number of hydrogen-bond donors (Lipinski definition) is 2. The molecule has 0 spiro atoms. The van der Waals surface area contributed by atoms with E-state index in [4.69, 9.17) is 10.8 Å². The summed E-state index contributed by atoms with van der Waals surface area (Å²) < 4.78 is 0. The van der Waals surface area contributed by atoms with E-state index in [2.05, 4.69) is 24.8 Å². The second-order valence-electron chi connectivity index (χ2n) is 5.99. The molecule has 1 saturated heterocycles. The number of anilines is 1. The molecule has 0 amide bonds. The average molecular weight is 290 g/mol. The third-order valence-electron chi connectivity index (χ3n) is 4.52. The van der Waals surface area contributed by atoms with Gasteiger partial charge in [0.1, 0.15) is 6.04 Å². The van der Waals surface area contributed by atoms with Crippen molar-refractivity contribution in [3.05, 3.63) is 29.3 Å². The first kappa shape index (κ1) is 15.8. The molecule has 1 aromatic carbocycles. The van der Waals surface area contributed by atoms with E-state index in [1.807, 2.05) is 12.1 Å². The average Bonchev–Trinajstić information content (AvgIpc) is 2.53. The number of aliphatic carboxylic acids is 1. The molecule has 0 bridgehead atoms. The van der Waals surface area contributed by atoms with Crippen molar-refractivity contribution in [2.24, 2.45) is 5.73 Å². The molecule has 1 aliphatic heterocycles. The number of nitrogens with two attached hydrogens (primary N) is 1. The van der Waals surface area contributed by atoms with Crippen molar-refractivity contribution in [3.8, 4) is 0 Å². The monoisotopic (exact) mass is 290 g/mol. The van der Waals surface area contributed by atoms with Gasteiger partial charge in [0, 0.05) is 18.8 Å². The van der Waals surface area contributed by atoms with Crippen LogP contribution in [0.15, 0.2) is 18.2 Å². The summed E-state index contributed by atoms with van der Waals surface area (Å²) in [7, 11) is 0. The van der Waals surface area contributed by atoms with Gasteiger partial charge in [0.25, 0.3) is 0 Å². The van der Waals surface area contributed by atoms with Crippen LogP contribution in [0.3, 0.4) is 0 Å². The van der Waals surface area contributed by atoms with Gasteiger partial charge in [0.05, 0.1) is 0 Å². The van der Waals surface area contributed by atoms with Crippen molar-refractivity contribution in [1.29, 1.82) is 0 Å². The third-order valence-corrected chi connectivity index (χ3v) is 4.52. The van der Waals surface area contributed by atoms with Gasteiger partial charge in [-0.15, -0.1) is 0 Å². The number of hydrogen-bond acceptors (Lipinski definition) is 3. The SMILES string of the molecule is CCC(C)c1cc([C@H](N)C(=O)O)ccc1N1CCCCC1. The Kier molecular flexibility index (Phi) is 5.23. The lowest BCUT2D eigenvalue weighted by Gasteiger charge is -2.32. The molecule has 0 radical (unpaired) electrons. The highest BCUT2D eigenvalue weighted by Crippen LogP contribution is 2.33. The predicted octanol–water partition coefficient (Wildman–Crippen LogP) is 3.27. The van der Waals surface area contributed by atoms with Crippen LogP contribution in [0.1, 0.15) is 62.6 Å². The van der Waals surface area contributed by atoms with E-state index in [1.165, 1.54) is 30.5 Å². The van der Waals surface area contributed by atoms with Crippen molar-refractivity contribution < 1.29 is 9.90 Å². The lowest BCUT2D eigenvalue weighted by atomic mass is 9.92. The Morgan fingerprint density at radius 1 is 1.33 bits per heavy atom. The Balaban J connectivity index is 2.37. The first-order chi connectivity index (χ1) is 10.0. The minimum Gasteiger partial charge on any atom is -0.480 e. The highest BCUT2D eigenvalue weighted by molar-refractivity contribution is 5.76. The molecule has 0 saturated carbocycles. The molecule has 4 heteroatoms. The van der Waals surface area contributed by atoms with Crippen molar-refractivity contribution in [1.82, 2.24) is 0 Å². The summed E-state index contributed by atoms with van der Waals surface area (Å²) in [6.45, 7) is 6.54. The standard InChI is InChI=1S/C17H26N2O2/c1-3-12(2)14-11-13(16(18)17(20)21)7-8-15(14)19-9-5-4-6-10-19/h7-8,11-12,16H,3-6,9-10,18H2,1-2H3,(H,20,21)/t12?,16-/m0/s1. The zero-order valence-corrected chi connectivity index (χ0v) is 13.0. The van der Waals surface area contributed by atoms with Crippen LogP contribution in [0, 0.1) is 0 Å². The topological polar surface area (TPSA) is 66.6 Å². The second kappa shape index (κ2) is 6.94. The van der Waals surface area contributed by atoms with Crippen molar-refractivity contribution >= 4 is 11.7 Å². The number of carboxylic acids is 1. The molecule has 1 heterocycles. The van der Waals surface area contributed by atoms with Crippen LogP contribution >= 0.6 is 0 Å². The van der Waals surface area contributed by atoms with Gasteiger partial charge in [-0.25, -0.2) is 0 Å². The molecule has 4 nitrogen and oxygen atoms in total. The van der Waals surface area contributed by atoms with Gasteiger partial charge < -0.3 is 15.7 Å². The molecule has 21 heavy (non-hydrogen) atoms. The van der Waals surface area contributed by atoms with Crippen LogP contribution in [-0.4, -0.2) is 24.2 Å². The van der Waals surface area contributed by atoms with Gasteiger partial charge in [-0.1, -0.05) is 26.0 Å². The maximum Gasteiger partial charge on any atom is 0.325 e. The van der Waals surface area contributed by atoms with Gasteiger partial charge in [-0.3, -0.25) is 4.79 Å². The Morgan fingerprint density at radius 3 is 2.57 bits per heavy atom. The summed E-state index contributed by atoms with van der Waals surface area (Å²) in [6, 6.07) is 4.99. The summed E-state index contributed by atoms with van der Waals surface area (Å²) in [5, 5.41) is 9.10. The summed E-state index contributed by atoms with van der Waals surface area (Å²) in [5.74, 6) is -0.571. The zero-order valence-electron chi connectivity index (χ0n) is 13.0. The number of benzene rings is 1. The lowest BCUT2D eigenvalue weighted by Crippen LogP contribution is -2.30. The zero-order chi connectivity index (χ0) is 15.4. The van der Waals surface area contributed by atoms with E-state index < -0.39 is 12.0 Å². The Bertz CT molecular complexity index is 496. The fraction of sp³-hybridized carbons (Fsp3) is 0.588. The third kappa shape index (κ3) is 3.56. The van der Waals surface area contributed by atoms with Crippen LogP contribution in [0.2, 0.25) is 0 Å². The van der Waals surface area contributed by atoms with Crippen molar-refractivity contribution in [2.75, 3.05) is 18.0 Å². The lowest BCUT2D eigenvalue weighted by molar-refractivity contribution is -0.138. The minimum absolute atomic E-state index is 0.405. The predicted molar refractivity (Wildman–Crippen MR) is 85.8 cm³/mol. The van der Waals surface area contributed by atoms with E-state index in [-0.39, 0.29) is 0 Å². The maximum absolute atomic E-state index is 11.1. The molecule has 1 aliphatic rings. The van der Waals surface area contributed by atoms with E-state index in [0.29, 0.717) is 11.5 Å². The first-order valence-electron chi connectivity index (χ1n) is 7.91. The quantitative estimate of drug-likeness (QED) is 0.873. The van der Waals surface area contributed by atoms with Gasteiger partial charge in [0.15, 0.2) is 0 Å². The molecule has 116 valence electrons. The first-order valence-corrected chi connectivity index (χ1v) is 7.91. The van der Waals surface area contributed by atoms with Crippen LogP contribution in [-0.2, 0) is 4.79 Å². The molecule has 3 N–H and O–H groups in total. The summed E-state index contributed by atoms with van der Waals surface area (Å²) in [6.07, 6.45) is 4.80. The van der Waals surface area contributed by atoms with Crippen molar-refractivity contribution in [2.45, 2.75) is 51.5 Å². The fourth-order valence-electron chi connectivity index (χ4n) is 2.95. The van der Waals surface area contributed by atoms with Crippen LogP contribution in [0.25, 0.3) is 0 Å². The van der Waals surface area contributed by atoms with Crippen LogP contribution in [0.5, 0.6) is 0 Å². The van der Waals surface area contributed by atoms with Crippen LogP contribution < -0.4 is 10.6 Å². The molecule has 1 fully saturated rings. The van der Waals surface area contributed by atoms with Gasteiger partial charge >= 0.3 is 5.97 Å². The fourth-order valence-corrected chi connectivity index (χ4v) is 2.95. The highest BCUT2D eigenvalue weighted by Gasteiger charge is 2.21. The summed E-state index contributed by atoms with van der Waals surface area (Å²) in [4.78, 5) is 13.5.